The molecule has 4 N–H and O–H groups in total. The largest absolute Gasteiger partial charge is 0.490 e. The molecule has 1 aliphatic heterocycles. The first-order chi connectivity index (χ1) is 24.2. The Balaban J connectivity index is 1.21. The number of nitrogens with zero attached hydrogens (tertiary/aromatic N) is 1. The van der Waals surface area contributed by atoms with Crippen molar-refractivity contribution in [1.82, 2.24) is 16.1 Å². The number of nitrogens with one attached hydrogen (secondary N) is 3. The van der Waals surface area contributed by atoms with Crippen molar-refractivity contribution in [2.45, 2.75) is 39.6 Å². The van der Waals surface area contributed by atoms with E-state index in [-0.39, 0.29) is 12.2 Å². The summed E-state index contributed by atoms with van der Waals surface area (Å²) in [5.74, 6) is 1.27. The molecule has 2 atom stereocenters. The quantitative estimate of drug-likeness (QED) is 0.0490. The number of esters is 1. The fourth-order valence-corrected chi connectivity index (χ4v) is 5.94. The van der Waals surface area contributed by atoms with Gasteiger partial charge in [-0.2, -0.15) is 5.10 Å². The van der Waals surface area contributed by atoms with Gasteiger partial charge in [-0.1, -0.05) is 42.5 Å². The van der Waals surface area contributed by atoms with Crippen molar-refractivity contribution in [3.8, 4) is 23.0 Å². The molecule has 262 valence electrons. The number of benzene rings is 4. The molecule has 50 heavy (non-hydrogen) atoms. The van der Waals surface area contributed by atoms with Crippen LogP contribution in [-0.2, 0) is 16.1 Å². The molecule has 0 aromatic heterocycles. The Morgan fingerprint density at radius 3 is 2.48 bits per heavy atom. The van der Waals surface area contributed by atoms with E-state index in [1.807, 2.05) is 38.1 Å². The molecule has 4 aromatic rings. The van der Waals surface area contributed by atoms with Gasteiger partial charge < -0.3 is 39.4 Å². The number of rotatable bonds is 15. The van der Waals surface area contributed by atoms with E-state index in [1.165, 1.54) is 12.5 Å². The van der Waals surface area contributed by atoms with E-state index in [4.69, 9.17) is 23.7 Å². The van der Waals surface area contributed by atoms with Gasteiger partial charge in [0.05, 0.1) is 42.6 Å². The Hall–Kier alpha value is -5.27. The van der Waals surface area contributed by atoms with Crippen molar-refractivity contribution in [2.75, 3.05) is 26.9 Å². The molecule has 1 aliphatic rings. The van der Waals surface area contributed by atoms with Crippen molar-refractivity contribution >= 4 is 44.9 Å². The van der Waals surface area contributed by atoms with Gasteiger partial charge in [-0.25, -0.2) is 9.59 Å². The number of carbonyl (C=O) groups excluding carboxylic acids is 2. The summed E-state index contributed by atoms with van der Waals surface area (Å²) in [7, 11) is 1.28. The number of fused-ring (bicyclic) bond motifs is 1. The first-order valence-corrected chi connectivity index (χ1v) is 16.8. The number of hydrazone groups is 1. The third-order valence-corrected chi connectivity index (χ3v) is 8.23. The maximum Gasteiger partial charge on any atom is 0.337 e. The Kier molecular flexibility index (Phi) is 12.2. The number of aliphatic hydroxyl groups excluding tert-OH is 1. The lowest BCUT2D eigenvalue weighted by Gasteiger charge is -2.28. The lowest BCUT2D eigenvalue weighted by Crippen LogP contribution is -2.45. The molecule has 1 heterocycles. The maximum absolute atomic E-state index is 12.5. The maximum atomic E-state index is 12.5. The molecule has 0 radical (unpaired) electrons. The number of methoxy groups -OCH3 is 1. The van der Waals surface area contributed by atoms with Crippen molar-refractivity contribution in [2.24, 2.45) is 5.10 Å². The first kappa shape index (κ1) is 36.0. The molecule has 12 nitrogen and oxygen atoms in total. The summed E-state index contributed by atoms with van der Waals surface area (Å²) in [5.41, 5.74) is 5.63. The Morgan fingerprint density at radius 2 is 1.72 bits per heavy atom. The van der Waals surface area contributed by atoms with Crippen LogP contribution in [0, 0.1) is 0 Å². The molecule has 0 fully saturated rings. The highest BCUT2D eigenvalue weighted by molar-refractivity contribution is 9.10. The second-order valence-electron chi connectivity index (χ2n) is 11.1. The molecular weight excluding hydrogens is 708 g/mol. The molecule has 0 aliphatic carbocycles. The van der Waals surface area contributed by atoms with E-state index in [1.54, 1.807) is 37.4 Å². The van der Waals surface area contributed by atoms with Gasteiger partial charge >= 0.3 is 12.0 Å². The Morgan fingerprint density at radius 1 is 0.960 bits per heavy atom. The van der Waals surface area contributed by atoms with Crippen LogP contribution in [0.3, 0.4) is 0 Å². The molecule has 0 saturated heterocycles. The molecular formula is C37H39BrN4O8. The van der Waals surface area contributed by atoms with Crippen LogP contribution < -0.4 is 35.0 Å². The van der Waals surface area contributed by atoms with E-state index in [0.717, 1.165) is 10.9 Å². The normalized spacial score (nSPS) is 14.9. The number of ether oxygens (including phenoxy) is 5. The van der Waals surface area contributed by atoms with E-state index >= 15 is 0 Å². The van der Waals surface area contributed by atoms with Crippen molar-refractivity contribution in [1.29, 1.82) is 0 Å². The van der Waals surface area contributed by atoms with Crippen molar-refractivity contribution in [3.63, 3.8) is 0 Å². The van der Waals surface area contributed by atoms with Gasteiger partial charge in [0, 0.05) is 5.70 Å². The molecule has 0 bridgehead atoms. The smallest absolute Gasteiger partial charge is 0.337 e. The summed E-state index contributed by atoms with van der Waals surface area (Å²) in [6.07, 6.45) is 0.381. The Bertz CT molecular complexity index is 1910. The fourth-order valence-electron chi connectivity index (χ4n) is 5.37. The monoisotopic (exact) mass is 746 g/mol. The standard InChI is InChI=1S/C37H39BrN4O8/c1-5-47-30-18-27(34-33(36(44)46-4)22(3)40-37(45)41-34)13-14-29(30)49-21-32(43)42-39-19-24-16-28(38)35(31(17-24)48-6-2)50-20-23-11-12-25-9-7-8-10-26(25)15-23/h7-19,32,34,42-43H,5-6,20-21H2,1-4H3,(H2,40,41,45)/b39-19-/t32-,34-/m1/s1. The minimum Gasteiger partial charge on any atom is -0.490 e. The van der Waals surface area contributed by atoms with E-state index < -0.39 is 24.3 Å². The van der Waals surface area contributed by atoms with Crippen LogP contribution in [0.4, 0.5) is 4.79 Å². The number of urea groups is 1. The molecule has 13 heteroatoms. The van der Waals surface area contributed by atoms with Gasteiger partial charge in [0.25, 0.3) is 0 Å². The average molecular weight is 748 g/mol. The molecule has 0 unspecified atom stereocenters. The number of carbonyl (C=O) groups is 2. The minimum atomic E-state index is -1.17. The summed E-state index contributed by atoms with van der Waals surface area (Å²) in [5, 5.41) is 22.4. The van der Waals surface area contributed by atoms with Crippen molar-refractivity contribution < 1.29 is 38.4 Å². The highest BCUT2D eigenvalue weighted by atomic mass is 79.9. The summed E-state index contributed by atoms with van der Waals surface area (Å²) < 4.78 is 29.3. The molecule has 4 aromatic carbocycles. The summed E-state index contributed by atoms with van der Waals surface area (Å²) >= 11 is 3.61. The zero-order chi connectivity index (χ0) is 35.6. The average Bonchev–Trinajstić information content (AvgIpc) is 3.10. The number of amides is 2. The predicted octanol–water partition coefficient (Wildman–Crippen LogP) is 6.10. The van der Waals surface area contributed by atoms with E-state index in [0.29, 0.717) is 64.1 Å². The highest BCUT2D eigenvalue weighted by Gasteiger charge is 2.32. The van der Waals surface area contributed by atoms with Gasteiger partial charge in [0.1, 0.15) is 13.2 Å². The summed E-state index contributed by atoms with van der Waals surface area (Å²) in [6, 6.07) is 21.9. The fraction of sp³-hybridized carbons (Fsp3) is 0.270. The van der Waals surface area contributed by atoms with Crippen LogP contribution in [0.2, 0.25) is 0 Å². The van der Waals surface area contributed by atoms with Gasteiger partial charge in [-0.15, -0.1) is 0 Å². The zero-order valence-corrected chi connectivity index (χ0v) is 29.7. The van der Waals surface area contributed by atoms with E-state index in [2.05, 4.69) is 61.4 Å². The first-order valence-electron chi connectivity index (χ1n) is 16.0. The number of allylic oxidation sites excluding steroid dienone is 1. The SMILES string of the molecule is CCOc1cc([C@H]2NC(=O)NC(C)=C2C(=O)OC)ccc1OC[C@@H](O)N/N=C\c1cc(Br)c(OCc2ccc3ccccc3c2)c(OCC)c1. The number of hydrogen-bond acceptors (Lipinski definition) is 10. The number of halogens is 1. The summed E-state index contributed by atoms with van der Waals surface area (Å²) in [4.78, 5) is 24.7. The topological polar surface area (TPSA) is 149 Å². The molecule has 5 rings (SSSR count). The third-order valence-electron chi connectivity index (χ3n) is 7.64. The van der Waals surface area contributed by atoms with Crippen LogP contribution in [0.1, 0.15) is 43.5 Å². The van der Waals surface area contributed by atoms with Crippen LogP contribution >= 0.6 is 15.9 Å². The number of aliphatic hydroxyl groups is 1. The minimum absolute atomic E-state index is 0.164. The lowest BCUT2D eigenvalue weighted by molar-refractivity contribution is -0.136. The lowest BCUT2D eigenvalue weighted by atomic mass is 9.95. The molecule has 0 spiro atoms. The predicted molar refractivity (Wildman–Crippen MR) is 193 cm³/mol. The van der Waals surface area contributed by atoms with Crippen molar-refractivity contribution in [3.05, 3.63) is 105 Å². The third kappa shape index (κ3) is 8.84. The van der Waals surface area contributed by atoms with Gasteiger partial charge in [0.15, 0.2) is 29.2 Å². The van der Waals surface area contributed by atoms with Crippen LogP contribution in [-0.4, -0.2) is 56.5 Å². The van der Waals surface area contributed by atoms with Gasteiger partial charge in [0.2, 0.25) is 0 Å². The Labute approximate surface area is 298 Å². The van der Waals surface area contributed by atoms with Gasteiger partial charge in [-0.3, -0.25) is 5.43 Å². The number of hydrogen-bond donors (Lipinski definition) is 4. The van der Waals surface area contributed by atoms with E-state index in [9.17, 15) is 14.7 Å². The molecule has 2 amide bonds. The van der Waals surface area contributed by atoms with Gasteiger partial charge in [-0.05, 0) is 94.5 Å². The summed E-state index contributed by atoms with van der Waals surface area (Å²) in [6.45, 7) is 6.30. The van der Waals surface area contributed by atoms with Crippen LogP contribution in [0.25, 0.3) is 10.8 Å². The highest BCUT2D eigenvalue weighted by Crippen LogP contribution is 2.38. The zero-order valence-electron chi connectivity index (χ0n) is 28.1. The van der Waals surface area contributed by atoms with Crippen LogP contribution in [0.5, 0.6) is 23.0 Å². The second-order valence-corrected chi connectivity index (χ2v) is 12.0. The van der Waals surface area contributed by atoms with Crippen LogP contribution in [0.15, 0.2) is 93.6 Å². The second kappa shape index (κ2) is 16.9. The molecule has 0 saturated carbocycles.